The third-order valence-corrected chi connectivity index (χ3v) is 4.47. The molecule has 0 nitrogen and oxygen atoms in total. The number of rotatable bonds is 1. The molecule has 1 aliphatic heterocycles. The Morgan fingerprint density at radius 3 is 2.58 bits per heavy atom. The normalized spacial score (nSPS) is 22.5. The van der Waals surface area contributed by atoms with E-state index in [2.05, 4.69) is 42.2 Å². The standard InChI is InChI=1S/C11H13P/c1-3-7-11(8-4-1)12-9-5-2-6-10-12/h1,3-5,7-9H,2,6,10H2. The Bertz CT molecular complexity index is 264. The van der Waals surface area contributed by atoms with Crippen LogP contribution >= 0.6 is 7.92 Å². The van der Waals surface area contributed by atoms with E-state index >= 15 is 0 Å². The molecule has 0 aromatic heterocycles. The van der Waals surface area contributed by atoms with Gasteiger partial charge in [0.2, 0.25) is 0 Å². The summed E-state index contributed by atoms with van der Waals surface area (Å²) >= 11 is 0. The Morgan fingerprint density at radius 2 is 1.92 bits per heavy atom. The second kappa shape index (κ2) is 3.87. The lowest BCUT2D eigenvalue weighted by molar-refractivity contribution is 0.959. The Morgan fingerprint density at radius 1 is 1.08 bits per heavy atom. The van der Waals surface area contributed by atoms with Crippen molar-refractivity contribution in [2.75, 3.05) is 6.16 Å². The van der Waals surface area contributed by atoms with Gasteiger partial charge in [0, 0.05) is 0 Å². The van der Waals surface area contributed by atoms with Gasteiger partial charge >= 0.3 is 0 Å². The molecular formula is C11H13P. The molecule has 1 atom stereocenters. The summed E-state index contributed by atoms with van der Waals surface area (Å²) in [7, 11) is 0.0526. The molecule has 1 unspecified atom stereocenters. The minimum absolute atomic E-state index is 0.0526. The molecule has 1 aliphatic rings. The summed E-state index contributed by atoms with van der Waals surface area (Å²) in [5, 5.41) is 1.53. The molecule has 1 aromatic rings. The number of hydrogen-bond acceptors (Lipinski definition) is 0. The molecule has 0 N–H and O–H groups in total. The maximum atomic E-state index is 2.41. The van der Waals surface area contributed by atoms with Crippen LogP contribution in [0.15, 0.2) is 42.2 Å². The molecule has 0 radical (unpaired) electrons. The van der Waals surface area contributed by atoms with E-state index in [0.29, 0.717) is 0 Å². The number of hydrogen-bond donors (Lipinski definition) is 0. The topological polar surface area (TPSA) is 0 Å². The predicted octanol–water partition coefficient (Wildman–Crippen LogP) is 3.10. The van der Waals surface area contributed by atoms with Gasteiger partial charge in [-0.1, -0.05) is 50.1 Å². The van der Waals surface area contributed by atoms with Gasteiger partial charge in [0.1, 0.15) is 0 Å². The van der Waals surface area contributed by atoms with E-state index in [0.717, 1.165) is 0 Å². The molecule has 1 aromatic carbocycles. The third kappa shape index (κ3) is 1.76. The van der Waals surface area contributed by atoms with Crippen molar-refractivity contribution in [3.05, 3.63) is 42.2 Å². The molecule has 0 amide bonds. The molecule has 0 fully saturated rings. The smallest absolute Gasteiger partial charge is 0.0201 e. The van der Waals surface area contributed by atoms with Crippen LogP contribution in [0.25, 0.3) is 0 Å². The first kappa shape index (κ1) is 8.01. The van der Waals surface area contributed by atoms with Crippen LogP contribution in [0.2, 0.25) is 0 Å². The highest BCUT2D eigenvalue weighted by Crippen LogP contribution is 2.39. The molecule has 12 heavy (non-hydrogen) atoms. The van der Waals surface area contributed by atoms with Crippen molar-refractivity contribution in [2.24, 2.45) is 0 Å². The minimum atomic E-state index is 0.0526. The van der Waals surface area contributed by atoms with Crippen LogP contribution in [0.1, 0.15) is 12.8 Å². The molecule has 62 valence electrons. The van der Waals surface area contributed by atoms with Crippen molar-refractivity contribution < 1.29 is 0 Å². The second-order valence-electron chi connectivity index (χ2n) is 3.06. The fraction of sp³-hybridized carbons (Fsp3) is 0.273. The van der Waals surface area contributed by atoms with Crippen molar-refractivity contribution in [1.82, 2.24) is 0 Å². The van der Waals surface area contributed by atoms with Crippen LogP contribution in [-0.4, -0.2) is 6.16 Å². The summed E-state index contributed by atoms with van der Waals surface area (Å²) in [6.07, 6.45) is 6.38. The summed E-state index contributed by atoms with van der Waals surface area (Å²) in [5.41, 5.74) is 0. The van der Waals surface area contributed by atoms with Crippen molar-refractivity contribution in [3.8, 4) is 0 Å². The van der Waals surface area contributed by atoms with Gasteiger partial charge < -0.3 is 0 Å². The van der Waals surface area contributed by atoms with E-state index in [4.69, 9.17) is 0 Å². The summed E-state index contributed by atoms with van der Waals surface area (Å²) in [5.74, 6) is 2.41. The van der Waals surface area contributed by atoms with Crippen molar-refractivity contribution >= 4 is 13.2 Å². The van der Waals surface area contributed by atoms with Gasteiger partial charge in [0.15, 0.2) is 0 Å². The quantitative estimate of drug-likeness (QED) is 0.577. The molecule has 2 rings (SSSR count). The summed E-state index contributed by atoms with van der Waals surface area (Å²) in [6.45, 7) is 0. The van der Waals surface area contributed by atoms with E-state index in [-0.39, 0.29) is 7.92 Å². The average molecular weight is 176 g/mol. The summed E-state index contributed by atoms with van der Waals surface area (Å²) in [6, 6.07) is 10.9. The SMILES string of the molecule is C1=CP(c2ccccc2)CCC1. The molecular weight excluding hydrogens is 163 g/mol. The Hall–Kier alpha value is -0.610. The molecule has 0 saturated carbocycles. The lowest BCUT2D eigenvalue weighted by Crippen LogP contribution is -2.02. The zero-order chi connectivity index (χ0) is 8.23. The average Bonchev–Trinajstić information content (AvgIpc) is 2.21. The summed E-state index contributed by atoms with van der Waals surface area (Å²) < 4.78 is 0. The van der Waals surface area contributed by atoms with Crippen LogP contribution < -0.4 is 5.30 Å². The predicted molar refractivity (Wildman–Crippen MR) is 56.2 cm³/mol. The zero-order valence-electron chi connectivity index (χ0n) is 7.11. The maximum absolute atomic E-state index is 2.41. The first-order valence-electron chi connectivity index (χ1n) is 4.45. The molecule has 1 heterocycles. The lowest BCUT2D eigenvalue weighted by atomic mass is 10.3. The van der Waals surface area contributed by atoms with E-state index in [9.17, 15) is 0 Å². The molecule has 1 heteroatoms. The maximum Gasteiger partial charge on any atom is -0.0201 e. The largest absolute Gasteiger partial charge is 0.0837 e. The van der Waals surface area contributed by atoms with Gasteiger partial charge in [-0.05, 0) is 24.3 Å². The van der Waals surface area contributed by atoms with E-state index in [1.807, 2.05) is 0 Å². The van der Waals surface area contributed by atoms with Crippen molar-refractivity contribution in [2.45, 2.75) is 12.8 Å². The van der Waals surface area contributed by atoms with Crippen LogP contribution in [0, 0.1) is 0 Å². The van der Waals surface area contributed by atoms with E-state index in [1.54, 1.807) is 0 Å². The Balaban J connectivity index is 2.19. The monoisotopic (exact) mass is 176 g/mol. The molecule has 0 spiro atoms. The van der Waals surface area contributed by atoms with E-state index in [1.165, 1.54) is 24.3 Å². The Kier molecular flexibility index (Phi) is 2.58. The Labute approximate surface area is 75.1 Å². The van der Waals surface area contributed by atoms with Crippen LogP contribution in [0.3, 0.4) is 0 Å². The van der Waals surface area contributed by atoms with Gasteiger partial charge in [-0.25, -0.2) is 0 Å². The van der Waals surface area contributed by atoms with E-state index < -0.39 is 0 Å². The van der Waals surface area contributed by atoms with Gasteiger partial charge in [0.25, 0.3) is 0 Å². The summed E-state index contributed by atoms with van der Waals surface area (Å²) in [4.78, 5) is 0. The van der Waals surface area contributed by atoms with Crippen LogP contribution in [0.4, 0.5) is 0 Å². The fourth-order valence-electron chi connectivity index (χ4n) is 1.49. The van der Waals surface area contributed by atoms with Gasteiger partial charge in [-0.2, -0.15) is 0 Å². The highest BCUT2D eigenvalue weighted by molar-refractivity contribution is 7.68. The first-order valence-corrected chi connectivity index (χ1v) is 6.05. The second-order valence-corrected chi connectivity index (χ2v) is 5.26. The van der Waals surface area contributed by atoms with Crippen molar-refractivity contribution in [1.29, 1.82) is 0 Å². The molecule has 0 aliphatic carbocycles. The third-order valence-electron chi connectivity index (χ3n) is 2.14. The molecule has 0 saturated heterocycles. The molecule has 0 bridgehead atoms. The minimum Gasteiger partial charge on any atom is -0.0837 e. The van der Waals surface area contributed by atoms with Gasteiger partial charge in [-0.3, -0.25) is 0 Å². The van der Waals surface area contributed by atoms with Gasteiger partial charge in [0.05, 0.1) is 0 Å². The van der Waals surface area contributed by atoms with Crippen LogP contribution in [0.5, 0.6) is 0 Å². The van der Waals surface area contributed by atoms with Crippen molar-refractivity contribution in [3.63, 3.8) is 0 Å². The van der Waals surface area contributed by atoms with Gasteiger partial charge in [-0.15, -0.1) is 0 Å². The van der Waals surface area contributed by atoms with Crippen LogP contribution in [-0.2, 0) is 0 Å². The lowest BCUT2D eigenvalue weighted by Gasteiger charge is -2.16. The highest BCUT2D eigenvalue weighted by Gasteiger charge is 2.08. The fourth-order valence-corrected chi connectivity index (χ4v) is 3.55. The number of allylic oxidation sites excluding steroid dienone is 1. The highest BCUT2D eigenvalue weighted by atomic mass is 31.1. The first-order chi connectivity index (χ1) is 5.97. The number of benzene rings is 1. The zero-order valence-corrected chi connectivity index (χ0v) is 8.00.